The third kappa shape index (κ3) is 6.23. The van der Waals surface area contributed by atoms with Gasteiger partial charge in [-0.25, -0.2) is 0 Å². The molecule has 4 heteroatoms. The second kappa shape index (κ2) is 14.9. The van der Waals surface area contributed by atoms with Crippen LogP contribution in [-0.4, -0.2) is 27.5 Å². The molecule has 2 aromatic heterocycles. The maximum absolute atomic E-state index is 12.1. The van der Waals surface area contributed by atoms with Gasteiger partial charge in [0.1, 0.15) is 5.75 Å². The summed E-state index contributed by atoms with van der Waals surface area (Å²) in [6.07, 6.45) is 1.53. The zero-order valence-corrected chi connectivity index (χ0v) is 32.8. The van der Waals surface area contributed by atoms with E-state index in [1.807, 2.05) is 0 Å². The highest BCUT2D eigenvalue weighted by Gasteiger charge is 2.19. The SMILES string of the molecule is Cc1cc(-c2ccccc2CCOCCc2ccccc2-c2cc(C)cc(-n3c4ccccc4c4ccccc43)c2O)cc(-n2c3ccccc3c3ccccc32)c1. The molecule has 0 atom stereocenters. The molecule has 10 aromatic rings. The Morgan fingerprint density at radius 1 is 0.431 bits per heavy atom. The van der Waals surface area contributed by atoms with Crippen LogP contribution in [0.1, 0.15) is 22.3 Å². The van der Waals surface area contributed by atoms with Gasteiger partial charge in [0.05, 0.1) is 41.0 Å². The maximum Gasteiger partial charge on any atom is 0.147 e. The van der Waals surface area contributed by atoms with E-state index in [0.717, 1.165) is 51.8 Å². The van der Waals surface area contributed by atoms with Crippen LogP contribution in [0, 0.1) is 13.8 Å². The Balaban J connectivity index is 0.892. The third-order valence-electron chi connectivity index (χ3n) is 11.6. The number of aromatic hydroxyl groups is 1. The van der Waals surface area contributed by atoms with E-state index in [2.05, 4.69) is 199 Å². The minimum atomic E-state index is 0.277. The average Bonchev–Trinajstić information content (AvgIpc) is 3.77. The third-order valence-corrected chi connectivity index (χ3v) is 11.6. The van der Waals surface area contributed by atoms with Crippen molar-refractivity contribution in [1.82, 2.24) is 9.13 Å². The Labute approximate surface area is 338 Å². The molecule has 2 heterocycles. The van der Waals surface area contributed by atoms with Crippen LogP contribution < -0.4 is 0 Å². The fraction of sp³-hybridized carbons (Fsp3) is 0.111. The van der Waals surface area contributed by atoms with Crippen molar-refractivity contribution >= 4 is 43.6 Å². The number of aromatic nitrogens is 2. The summed E-state index contributed by atoms with van der Waals surface area (Å²) in [5.41, 5.74) is 15.5. The van der Waals surface area contributed by atoms with E-state index in [9.17, 15) is 5.11 Å². The van der Waals surface area contributed by atoms with Gasteiger partial charge in [-0.05, 0) is 114 Å². The molecule has 8 aromatic carbocycles. The quantitative estimate of drug-likeness (QED) is 0.141. The van der Waals surface area contributed by atoms with Gasteiger partial charge in [-0.3, -0.25) is 0 Å². The summed E-state index contributed by atoms with van der Waals surface area (Å²) in [5.74, 6) is 0.277. The first-order valence-corrected chi connectivity index (χ1v) is 20.2. The number of benzene rings is 8. The van der Waals surface area contributed by atoms with Crippen LogP contribution in [0.2, 0.25) is 0 Å². The summed E-state index contributed by atoms with van der Waals surface area (Å²) in [6, 6.07) is 62.4. The van der Waals surface area contributed by atoms with E-state index in [4.69, 9.17) is 4.74 Å². The summed E-state index contributed by atoms with van der Waals surface area (Å²) in [4.78, 5) is 0. The summed E-state index contributed by atoms with van der Waals surface area (Å²) in [6.45, 7) is 5.48. The molecule has 1 N–H and O–H groups in total. The van der Waals surface area contributed by atoms with E-state index in [-0.39, 0.29) is 5.75 Å². The lowest BCUT2D eigenvalue weighted by atomic mass is 9.95. The van der Waals surface area contributed by atoms with Crippen LogP contribution in [0.25, 0.3) is 77.2 Å². The molecular weight excluding hydrogens is 709 g/mol. The smallest absolute Gasteiger partial charge is 0.147 e. The lowest BCUT2D eigenvalue weighted by molar-refractivity contribution is 0.140. The minimum absolute atomic E-state index is 0.277. The van der Waals surface area contributed by atoms with Crippen molar-refractivity contribution in [3.63, 3.8) is 0 Å². The van der Waals surface area contributed by atoms with Gasteiger partial charge in [0.15, 0.2) is 0 Å². The molecule has 0 saturated heterocycles. The molecule has 0 spiro atoms. The summed E-state index contributed by atoms with van der Waals surface area (Å²) < 4.78 is 11.0. The zero-order valence-electron chi connectivity index (χ0n) is 32.8. The molecule has 282 valence electrons. The standard InChI is InChI=1S/C54H44N2O2/c1-36-31-40(35-41(32-36)55-49-23-11-7-19-44(49)45-20-8-12-24-50(45)55)42-17-5-3-15-38(42)27-29-58-30-28-39-16-4-6-18-43(39)48-33-37(2)34-53(54(48)57)56-51-25-13-9-21-46(51)47-22-10-14-26-52(47)56/h3-26,31-35,57H,27-30H2,1-2H3. The molecule has 10 rings (SSSR count). The summed E-state index contributed by atoms with van der Waals surface area (Å²) >= 11 is 0. The van der Waals surface area contributed by atoms with Crippen LogP contribution in [-0.2, 0) is 17.6 Å². The maximum atomic E-state index is 12.1. The number of aryl methyl sites for hydroxylation is 2. The van der Waals surface area contributed by atoms with E-state index in [1.54, 1.807) is 0 Å². The van der Waals surface area contributed by atoms with Gasteiger partial charge in [0, 0.05) is 32.8 Å². The number of hydrogen-bond acceptors (Lipinski definition) is 2. The highest BCUT2D eigenvalue weighted by atomic mass is 16.5. The first-order valence-electron chi connectivity index (χ1n) is 20.2. The number of fused-ring (bicyclic) bond motifs is 6. The van der Waals surface area contributed by atoms with E-state index in [1.165, 1.54) is 60.5 Å². The van der Waals surface area contributed by atoms with Crippen LogP contribution >= 0.6 is 0 Å². The molecule has 0 saturated carbocycles. The predicted molar refractivity (Wildman–Crippen MR) is 242 cm³/mol. The summed E-state index contributed by atoms with van der Waals surface area (Å²) in [5, 5.41) is 16.9. The van der Waals surface area contributed by atoms with Crippen LogP contribution in [0.15, 0.2) is 176 Å². The van der Waals surface area contributed by atoms with Crippen molar-refractivity contribution in [2.45, 2.75) is 26.7 Å². The second-order valence-corrected chi connectivity index (χ2v) is 15.4. The van der Waals surface area contributed by atoms with Crippen molar-refractivity contribution in [3.8, 4) is 39.4 Å². The van der Waals surface area contributed by atoms with Gasteiger partial charge in [-0.1, -0.05) is 127 Å². The van der Waals surface area contributed by atoms with E-state index < -0.39 is 0 Å². The monoisotopic (exact) mass is 752 g/mol. The highest BCUT2D eigenvalue weighted by Crippen LogP contribution is 2.42. The molecule has 58 heavy (non-hydrogen) atoms. The van der Waals surface area contributed by atoms with Gasteiger partial charge in [-0.15, -0.1) is 0 Å². The van der Waals surface area contributed by atoms with Crippen LogP contribution in [0.3, 0.4) is 0 Å². The van der Waals surface area contributed by atoms with Crippen molar-refractivity contribution in [2.24, 2.45) is 0 Å². The largest absolute Gasteiger partial charge is 0.505 e. The number of hydrogen-bond donors (Lipinski definition) is 1. The van der Waals surface area contributed by atoms with Crippen LogP contribution in [0.5, 0.6) is 5.75 Å². The Hall–Kier alpha value is -6.88. The number of ether oxygens (including phenoxy) is 1. The van der Waals surface area contributed by atoms with Crippen LogP contribution in [0.4, 0.5) is 0 Å². The van der Waals surface area contributed by atoms with Crippen molar-refractivity contribution < 1.29 is 9.84 Å². The fourth-order valence-corrected chi connectivity index (χ4v) is 9.05. The Kier molecular flexibility index (Phi) is 9.12. The molecule has 0 radical (unpaired) electrons. The molecular formula is C54H44N2O2. The topological polar surface area (TPSA) is 39.3 Å². The first kappa shape index (κ1) is 35.5. The molecule has 0 amide bonds. The number of nitrogens with zero attached hydrogens (tertiary/aromatic N) is 2. The van der Waals surface area contributed by atoms with E-state index >= 15 is 0 Å². The van der Waals surface area contributed by atoms with Gasteiger partial charge >= 0.3 is 0 Å². The molecule has 4 nitrogen and oxygen atoms in total. The number of rotatable bonds is 10. The Bertz CT molecular complexity index is 3040. The zero-order chi connectivity index (χ0) is 39.2. The van der Waals surface area contributed by atoms with Gasteiger partial charge < -0.3 is 19.0 Å². The van der Waals surface area contributed by atoms with Crippen molar-refractivity contribution in [2.75, 3.05) is 13.2 Å². The average molecular weight is 753 g/mol. The van der Waals surface area contributed by atoms with Gasteiger partial charge in [0.2, 0.25) is 0 Å². The lowest BCUT2D eigenvalue weighted by Gasteiger charge is -2.17. The normalized spacial score (nSPS) is 11.7. The molecule has 0 aliphatic carbocycles. The molecule has 0 bridgehead atoms. The lowest BCUT2D eigenvalue weighted by Crippen LogP contribution is -2.05. The Morgan fingerprint density at radius 3 is 1.45 bits per heavy atom. The molecule has 0 aliphatic heterocycles. The number of phenolic OH excluding ortho intramolecular Hbond substituents is 1. The van der Waals surface area contributed by atoms with Crippen molar-refractivity contribution in [3.05, 3.63) is 198 Å². The van der Waals surface area contributed by atoms with Gasteiger partial charge in [0.25, 0.3) is 0 Å². The predicted octanol–water partition coefficient (Wildman–Crippen LogP) is 13.3. The first-order chi connectivity index (χ1) is 28.5. The fourth-order valence-electron chi connectivity index (χ4n) is 9.05. The van der Waals surface area contributed by atoms with E-state index in [0.29, 0.717) is 13.2 Å². The number of para-hydroxylation sites is 4. The van der Waals surface area contributed by atoms with Gasteiger partial charge in [-0.2, -0.15) is 0 Å². The minimum Gasteiger partial charge on any atom is -0.505 e. The van der Waals surface area contributed by atoms with Crippen molar-refractivity contribution in [1.29, 1.82) is 0 Å². The highest BCUT2D eigenvalue weighted by molar-refractivity contribution is 6.10. The molecule has 0 aliphatic rings. The Morgan fingerprint density at radius 2 is 0.879 bits per heavy atom. The molecule has 0 fully saturated rings. The summed E-state index contributed by atoms with van der Waals surface area (Å²) in [7, 11) is 0. The second-order valence-electron chi connectivity index (χ2n) is 15.4. The number of phenols is 1. The molecule has 0 unspecified atom stereocenters.